The van der Waals surface area contributed by atoms with E-state index in [2.05, 4.69) is 34.6 Å². The molecule has 1 saturated heterocycles. The van der Waals surface area contributed by atoms with Crippen molar-refractivity contribution in [3.05, 3.63) is 11.1 Å². The van der Waals surface area contributed by atoms with Gasteiger partial charge < -0.3 is 4.74 Å². The Hall–Kier alpha value is -0.440. The van der Waals surface area contributed by atoms with Crippen molar-refractivity contribution in [2.24, 2.45) is 50.7 Å². The number of hydrogen-bond donors (Lipinski definition) is 0. The maximum absolute atomic E-state index is 15.3. The van der Waals surface area contributed by atoms with Crippen molar-refractivity contribution in [2.75, 3.05) is 6.61 Å². The maximum atomic E-state index is 15.3. The molecule has 1 nitrogen and oxygen atoms in total. The van der Waals surface area contributed by atoms with Gasteiger partial charge in [0.25, 0.3) is 5.92 Å². The van der Waals surface area contributed by atoms with E-state index in [0.717, 1.165) is 25.0 Å². The van der Waals surface area contributed by atoms with Gasteiger partial charge in [-0.1, -0.05) is 40.2 Å². The Bertz CT molecular complexity index is 905. The van der Waals surface area contributed by atoms with Crippen molar-refractivity contribution >= 4 is 0 Å². The lowest BCUT2D eigenvalue weighted by Gasteiger charge is -2.72. The number of hydrogen-bond acceptors (Lipinski definition) is 1. The third kappa shape index (κ3) is 2.57. The minimum Gasteiger partial charge on any atom is -0.377 e. The van der Waals surface area contributed by atoms with Crippen LogP contribution in [-0.4, -0.2) is 18.6 Å². The average molecular weight is 461 g/mol. The van der Waals surface area contributed by atoms with Gasteiger partial charge in [-0.15, -0.1) is 0 Å². The molecule has 33 heavy (non-hydrogen) atoms. The lowest BCUT2D eigenvalue weighted by atomic mass is 9.32. The lowest BCUT2D eigenvalue weighted by Crippen LogP contribution is -2.66. The van der Waals surface area contributed by atoms with Crippen molar-refractivity contribution in [3.63, 3.8) is 0 Å². The zero-order chi connectivity index (χ0) is 23.8. The van der Waals surface area contributed by atoms with E-state index in [-0.39, 0.29) is 28.1 Å². The van der Waals surface area contributed by atoms with Crippen molar-refractivity contribution in [2.45, 2.75) is 118 Å². The molecule has 4 saturated carbocycles. The molecule has 9 atom stereocenters. The molecule has 186 valence electrons. The van der Waals surface area contributed by atoms with Crippen LogP contribution in [0, 0.1) is 50.7 Å². The summed E-state index contributed by atoms with van der Waals surface area (Å²) in [5.74, 6) is -0.578. The fourth-order valence-electron chi connectivity index (χ4n) is 11.5. The van der Waals surface area contributed by atoms with Gasteiger partial charge in [-0.3, -0.25) is 0 Å². The Kier molecular flexibility index (Phi) is 4.50. The molecule has 1 aliphatic heterocycles. The summed E-state index contributed by atoms with van der Waals surface area (Å²) in [6.07, 6.45) is 10.2. The molecular formula is C30H46F2O. The highest BCUT2D eigenvalue weighted by Gasteiger charge is 2.72. The van der Waals surface area contributed by atoms with Gasteiger partial charge in [0.05, 0.1) is 12.7 Å². The highest BCUT2D eigenvalue weighted by atomic mass is 19.3. The quantitative estimate of drug-likeness (QED) is 0.330. The van der Waals surface area contributed by atoms with Crippen LogP contribution in [0.4, 0.5) is 8.78 Å². The first-order valence-electron chi connectivity index (χ1n) is 13.9. The molecule has 0 aromatic heterocycles. The van der Waals surface area contributed by atoms with E-state index in [1.165, 1.54) is 38.5 Å². The van der Waals surface area contributed by atoms with Gasteiger partial charge in [0, 0.05) is 6.42 Å². The zero-order valence-electron chi connectivity index (χ0n) is 22.1. The summed E-state index contributed by atoms with van der Waals surface area (Å²) in [4.78, 5) is 0. The van der Waals surface area contributed by atoms with E-state index in [1.54, 1.807) is 6.92 Å². The van der Waals surface area contributed by atoms with Crippen molar-refractivity contribution in [3.8, 4) is 0 Å². The molecule has 0 amide bonds. The normalized spacial score (nSPS) is 56.5. The first kappa shape index (κ1) is 23.0. The molecule has 0 unspecified atom stereocenters. The molecule has 0 N–H and O–H groups in total. The van der Waals surface area contributed by atoms with Gasteiger partial charge in [0.1, 0.15) is 0 Å². The van der Waals surface area contributed by atoms with E-state index in [9.17, 15) is 0 Å². The fourth-order valence-corrected chi connectivity index (χ4v) is 11.5. The molecule has 3 heteroatoms. The third-order valence-corrected chi connectivity index (χ3v) is 13.7. The van der Waals surface area contributed by atoms with E-state index < -0.39 is 5.92 Å². The lowest BCUT2D eigenvalue weighted by molar-refractivity contribution is -0.234. The molecule has 2 bridgehead atoms. The highest BCUT2D eigenvalue weighted by Crippen LogP contribution is 2.77. The van der Waals surface area contributed by atoms with Crippen LogP contribution in [0.1, 0.15) is 106 Å². The Balaban J connectivity index is 1.42. The second-order valence-electron chi connectivity index (χ2n) is 15.0. The summed E-state index contributed by atoms with van der Waals surface area (Å²) < 4.78 is 37.3. The van der Waals surface area contributed by atoms with Crippen LogP contribution in [0.3, 0.4) is 0 Å². The minimum absolute atomic E-state index is 0.0565. The number of rotatable bonds is 0. The molecule has 0 aromatic rings. The first-order valence-corrected chi connectivity index (χ1v) is 13.9. The second-order valence-corrected chi connectivity index (χ2v) is 15.0. The van der Waals surface area contributed by atoms with Gasteiger partial charge in [0.2, 0.25) is 0 Å². The van der Waals surface area contributed by atoms with Crippen molar-refractivity contribution in [1.82, 2.24) is 0 Å². The van der Waals surface area contributed by atoms with Gasteiger partial charge in [0.15, 0.2) is 0 Å². The van der Waals surface area contributed by atoms with Crippen LogP contribution in [0.5, 0.6) is 0 Å². The fraction of sp³-hybridized carbons (Fsp3) is 0.933. The zero-order valence-corrected chi connectivity index (χ0v) is 22.1. The molecule has 6 aliphatic rings. The van der Waals surface area contributed by atoms with Gasteiger partial charge in [-0.05, 0) is 122 Å². The summed E-state index contributed by atoms with van der Waals surface area (Å²) in [6, 6.07) is 0. The SMILES string of the molecule is CC1=C(C)C(F)(F)C[C@]2(C)[C@H]3CC[C@@H]4[C@@H]5[C@H]6OC[C@@]5(CCC6(C)C)CC[C@@]4(C)[C@]3(C)CC[C@@H]12. The number of halogens is 2. The topological polar surface area (TPSA) is 9.23 Å². The molecule has 0 spiro atoms. The highest BCUT2D eigenvalue weighted by molar-refractivity contribution is 5.31. The summed E-state index contributed by atoms with van der Waals surface area (Å²) in [5.41, 5.74) is 2.11. The number of allylic oxidation sites excluding steroid dienone is 2. The van der Waals surface area contributed by atoms with E-state index in [0.29, 0.717) is 40.8 Å². The average Bonchev–Trinajstić information content (AvgIpc) is 3.06. The molecular weight excluding hydrogens is 414 g/mol. The molecule has 0 aromatic carbocycles. The van der Waals surface area contributed by atoms with Crippen LogP contribution in [0.2, 0.25) is 0 Å². The monoisotopic (exact) mass is 460 g/mol. The van der Waals surface area contributed by atoms with Crippen LogP contribution < -0.4 is 0 Å². The Morgan fingerprint density at radius 3 is 2.24 bits per heavy atom. The third-order valence-electron chi connectivity index (χ3n) is 13.7. The Morgan fingerprint density at radius 1 is 0.818 bits per heavy atom. The molecule has 6 rings (SSSR count). The predicted molar refractivity (Wildman–Crippen MR) is 129 cm³/mol. The first-order chi connectivity index (χ1) is 15.2. The smallest absolute Gasteiger partial charge is 0.269 e. The maximum Gasteiger partial charge on any atom is 0.269 e. The Morgan fingerprint density at radius 2 is 1.52 bits per heavy atom. The Labute approximate surface area is 200 Å². The van der Waals surface area contributed by atoms with E-state index >= 15 is 8.78 Å². The standard InChI is InChI=1S/C30H46F2O/c1-18-19(2)30(31,32)16-26(5)20(18)10-11-28(7)22(26)9-8-21-23-24-25(3,4)12-14-29(23,17-33-24)15-13-27(21,28)6/h20-24H,8-17H2,1-7H3/t20-,21+,22+,23+,24+,26-,27+,28+,29+/m0/s1. The summed E-state index contributed by atoms with van der Waals surface area (Å²) in [5, 5.41) is 0. The van der Waals surface area contributed by atoms with Gasteiger partial charge in [-0.25, -0.2) is 8.78 Å². The summed E-state index contributed by atoms with van der Waals surface area (Å²) in [7, 11) is 0. The number of ether oxygens (including phenoxy) is 1. The molecule has 5 fully saturated rings. The molecule has 1 heterocycles. The molecule has 0 radical (unpaired) electrons. The summed E-state index contributed by atoms with van der Waals surface area (Å²) in [6.45, 7) is 16.9. The number of fused-ring (bicyclic) bond motifs is 5. The van der Waals surface area contributed by atoms with Crippen molar-refractivity contribution in [1.29, 1.82) is 0 Å². The van der Waals surface area contributed by atoms with E-state index in [4.69, 9.17) is 4.74 Å². The second kappa shape index (κ2) is 6.46. The van der Waals surface area contributed by atoms with Gasteiger partial charge >= 0.3 is 0 Å². The van der Waals surface area contributed by atoms with Crippen LogP contribution in [-0.2, 0) is 4.74 Å². The largest absolute Gasteiger partial charge is 0.377 e. The van der Waals surface area contributed by atoms with Crippen molar-refractivity contribution < 1.29 is 13.5 Å². The summed E-state index contributed by atoms with van der Waals surface area (Å²) >= 11 is 0. The number of alkyl halides is 2. The predicted octanol–water partition coefficient (Wildman–Crippen LogP) is 8.43. The van der Waals surface area contributed by atoms with Crippen LogP contribution in [0.25, 0.3) is 0 Å². The minimum atomic E-state index is -2.65. The van der Waals surface area contributed by atoms with Crippen LogP contribution >= 0.6 is 0 Å². The molecule has 5 aliphatic carbocycles. The van der Waals surface area contributed by atoms with E-state index in [1.807, 2.05) is 6.92 Å². The van der Waals surface area contributed by atoms with Gasteiger partial charge in [-0.2, -0.15) is 0 Å². The van der Waals surface area contributed by atoms with Crippen LogP contribution in [0.15, 0.2) is 11.1 Å².